The number of nitrogens with zero attached hydrogens (tertiary/aromatic N) is 1. The standard InChI is InChI=1S/C22H31NO6/c1-18-6-5-11-20-7-8-21(25,27-10-20)19(2)14(20)13(28-17(19)24)15-22(11,29-15)16(18)26-9-12(18)23(3)4/h11-16,25H,5-10H2,1-4H3/t11-,12-,13-,14+,15-,16+,18-,19-,20-,21-,22+/m0/s1. The van der Waals surface area contributed by atoms with Crippen LogP contribution in [-0.2, 0) is 23.7 Å². The van der Waals surface area contributed by atoms with Crippen molar-refractivity contribution in [2.45, 2.75) is 75.3 Å². The SMILES string of the molecule is CN(C)[C@H]1CO[C@@H]2[C@@]1(C)CC[C@H]1[C@]34CC[C@](O)(OC3)[C@]3(C)C(=O)O[C@H]([C@@H]5O[C@@]251)[C@@H]43. The summed E-state index contributed by atoms with van der Waals surface area (Å²) in [7, 11) is 4.26. The highest BCUT2D eigenvalue weighted by molar-refractivity contribution is 5.82. The number of likely N-dealkylation sites (N-methyl/N-ethyl adjacent to an activating group) is 1. The summed E-state index contributed by atoms with van der Waals surface area (Å²) < 4.78 is 25.2. The van der Waals surface area contributed by atoms with E-state index in [2.05, 4.69) is 25.9 Å². The summed E-state index contributed by atoms with van der Waals surface area (Å²) in [5.74, 6) is -1.50. The molecule has 160 valence electrons. The van der Waals surface area contributed by atoms with Gasteiger partial charge in [-0.15, -0.1) is 0 Å². The first-order valence-electron chi connectivity index (χ1n) is 11.2. The predicted octanol–water partition coefficient (Wildman–Crippen LogP) is 0.930. The molecule has 8 aliphatic rings. The lowest BCUT2D eigenvalue weighted by atomic mass is 9.39. The third-order valence-corrected chi connectivity index (χ3v) is 10.6. The molecule has 29 heavy (non-hydrogen) atoms. The first kappa shape index (κ1) is 17.9. The maximum absolute atomic E-state index is 13.1. The Morgan fingerprint density at radius 1 is 1.17 bits per heavy atom. The van der Waals surface area contributed by atoms with Gasteiger partial charge in [-0.25, -0.2) is 0 Å². The van der Waals surface area contributed by atoms with Crippen molar-refractivity contribution in [3.8, 4) is 0 Å². The zero-order valence-corrected chi connectivity index (χ0v) is 17.6. The van der Waals surface area contributed by atoms with E-state index in [0.717, 1.165) is 19.3 Å². The van der Waals surface area contributed by atoms with E-state index in [-0.39, 0.29) is 52.5 Å². The number of hydrogen-bond acceptors (Lipinski definition) is 7. The Labute approximate surface area is 171 Å². The number of aliphatic hydroxyl groups is 1. The molecule has 0 aromatic heterocycles. The minimum atomic E-state index is -1.41. The second kappa shape index (κ2) is 4.70. The molecule has 7 nitrogen and oxygen atoms in total. The van der Waals surface area contributed by atoms with Gasteiger partial charge in [-0.1, -0.05) is 6.92 Å². The van der Waals surface area contributed by atoms with Gasteiger partial charge in [-0.2, -0.15) is 0 Å². The van der Waals surface area contributed by atoms with E-state index in [1.165, 1.54) is 0 Å². The van der Waals surface area contributed by atoms with Gasteiger partial charge in [0, 0.05) is 35.1 Å². The van der Waals surface area contributed by atoms with Crippen LogP contribution in [-0.4, -0.2) is 79.0 Å². The molecule has 5 saturated heterocycles. The molecule has 5 heterocycles. The monoisotopic (exact) mass is 405 g/mol. The fourth-order valence-corrected chi connectivity index (χ4v) is 9.28. The molecular weight excluding hydrogens is 374 g/mol. The van der Waals surface area contributed by atoms with Gasteiger partial charge in [-0.05, 0) is 40.3 Å². The van der Waals surface area contributed by atoms with E-state index in [9.17, 15) is 9.90 Å². The number of carbonyl (C=O) groups excluding carboxylic acids is 1. The van der Waals surface area contributed by atoms with E-state index >= 15 is 0 Å². The smallest absolute Gasteiger partial charge is 0.318 e. The number of epoxide rings is 1. The van der Waals surface area contributed by atoms with Gasteiger partial charge in [0.15, 0.2) is 5.79 Å². The highest BCUT2D eigenvalue weighted by atomic mass is 16.7. The third kappa shape index (κ3) is 1.54. The third-order valence-electron chi connectivity index (χ3n) is 10.6. The molecule has 5 aliphatic heterocycles. The summed E-state index contributed by atoms with van der Waals surface area (Å²) in [6.07, 6.45) is 3.06. The van der Waals surface area contributed by atoms with Crippen molar-refractivity contribution < 1.29 is 28.8 Å². The van der Waals surface area contributed by atoms with Crippen LogP contribution < -0.4 is 0 Å². The summed E-state index contributed by atoms with van der Waals surface area (Å²) in [4.78, 5) is 15.4. The molecule has 7 heteroatoms. The van der Waals surface area contributed by atoms with E-state index in [4.69, 9.17) is 18.9 Å². The number of fused-ring (bicyclic) bond motifs is 4. The van der Waals surface area contributed by atoms with Crippen LogP contribution in [0.3, 0.4) is 0 Å². The Bertz CT molecular complexity index is 822. The Hall–Kier alpha value is -0.730. The van der Waals surface area contributed by atoms with Crippen molar-refractivity contribution in [1.29, 1.82) is 0 Å². The van der Waals surface area contributed by atoms with Crippen LogP contribution in [0.2, 0.25) is 0 Å². The Morgan fingerprint density at radius 2 is 1.97 bits per heavy atom. The molecule has 0 radical (unpaired) electrons. The largest absolute Gasteiger partial charge is 0.459 e. The van der Waals surface area contributed by atoms with Crippen LogP contribution in [0.15, 0.2) is 0 Å². The van der Waals surface area contributed by atoms with Gasteiger partial charge in [0.25, 0.3) is 0 Å². The molecule has 0 unspecified atom stereocenters. The minimum absolute atomic E-state index is 0.00905. The van der Waals surface area contributed by atoms with E-state index in [1.807, 2.05) is 6.92 Å². The van der Waals surface area contributed by atoms with Crippen LogP contribution in [0.5, 0.6) is 0 Å². The van der Waals surface area contributed by atoms with Crippen LogP contribution in [0.1, 0.15) is 39.5 Å². The highest BCUT2D eigenvalue weighted by Crippen LogP contribution is 2.79. The van der Waals surface area contributed by atoms with Crippen molar-refractivity contribution >= 4 is 5.97 Å². The van der Waals surface area contributed by atoms with E-state index in [0.29, 0.717) is 25.7 Å². The maximum atomic E-state index is 13.1. The number of rotatable bonds is 1. The first-order chi connectivity index (χ1) is 13.7. The molecule has 0 aromatic carbocycles. The summed E-state index contributed by atoms with van der Waals surface area (Å²) in [5.41, 5.74) is -1.56. The summed E-state index contributed by atoms with van der Waals surface area (Å²) >= 11 is 0. The number of carbonyl (C=O) groups is 1. The molecule has 2 spiro atoms. The lowest BCUT2D eigenvalue weighted by Crippen LogP contribution is -2.76. The quantitative estimate of drug-likeness (QED) is 0.513. The van der Waals surface area contributed by atoms with Gasteiger partial charge in [0.05, 0.1) is 19.3 Å². The topological polar surface area (TPSA) is 80.8 Å². The van der Waals surface area contributed by atoms with Crippen LogP contribution in [0.4, 0.5) is 0 Å². The average molecular weight is 405 g/mol. The van der Waals surface area contributed by atoms with Crippen molar-refractivity contribution in [1.82, 2.24) is 4.90 Å². The van der Waals surface area contributed by atoms with Gasteiger partial charge >= 0.3 is 5.97 Å². The van der Waals surface area contributed by atoms with Crippen molar-refractivity contribution in [2.75, 3.05) is 27.3 Å². The molecular formula is C22H31NO6. The molecule has 8 rings (SSSR count). The van der Waals surface area contributed by atoms with Crippen molar-refractivity contribution in [3.63, 3.8) is 0 Å². The van der Waals surface area contributed by atoms with Crippen LogP contribution >= 0.6 is 0 Å². The Morgan fingerprint density at radius 3 is 2.66 bits per heavy atom. The molecule has 8 fully saturated rings. The predicted molar refractivity (Wildman–Crippen MR) is 99.7 cm³/mol. The van der Waals surface area contributed by atoms with Gasteiger partial charge in [0.2, 0.25) is 0 Å². The zero-order chi connectivity index (χ0) is 20.2. The number of ether oxygens (including phenoxy) is 4. The highest BCUT2D eigenvalue weighted by Gasteiger charge is 2.90. The summed E-state index contributed by atoms with van der Waals surface area (Å²) in [5, 5.41) is 11.3. The van der Waals surface area contributed by atoms with Crippen molar-refractivity contribution in [2.24, 2.45) is 28.1 Å². The molecule has 0 aromatic rings. The second-order valence-electron chi connectivity index (χ2n) is 11.5. The molecule has 3 saturated carbocycles. The Kier molecular flexibility index (Phi) is 2.90. The fraction of sp³-hybridized carbons (Fsp3) is 0.955. The normalized spacial score (nSPS) is 66.2. The van der Waals surface area contributed by atoms with Crippen LogP contribution in [0, 0.1) is 28.1 Å². The maximum Gasteiger partial charge on any atom is 0.318 e. The van der Waals surface area contributed by atoms with Crippen molar-refractivity contribution in [3.05, 3.63) is 0 Å². The minimum Gasteiger partial charge on any atom is -0.459 e. The van der Waals surface area contributed by atoms with Gasteiger partial charge < -0.3 is 29.0 Å². The summed E-state index contributed by atoms with van der Waals surface area (Å²) in [6.45, 7) is 5.42. The molecule has 2 bridgehead atoms. The Balaban J connectivity index is 1.38. The van der Waals surface area contributed by atoms with E-state index in [1.54, 1.807) is 0 Å². The molecule has 11 atom stereocenters. The number of esters is 1. The lowest BCUT2D eigenvalue weighted by molar-refractivity contribution is -0.376. The first-order valence-corrected chi connectivity index (χ1v) is 11.2. The second-order valence-corrected chi connectivity index (χ2v) is 11.5. The average Bonchev–Trinajstić information content (AvgIpc) is 3.17. The zero-order valence-electron chi connectivity index (χ0n) is 17.6. The van der Waals surface area contributed by atoms with E-state index < -0.39 is 11.2 Å². The van der Waals surface area contributed by atoms with Gasteiger partial charge in [-0.3, -0.25) is 4.79 Å². The molecule has 0 amide bonds. The molecule has 1 N–H and O–H groups in total. The molecule has 3 aliphatic carbocycles. The van der Waals surface area contributed by atoms with Crippen LogP contribution in [0.25, 0.3) is 0 Å². The van der Waals surface area contributed by atoms with Gasteiger partial charge in [0.1, 0.15) is 23.2 Å². The lowest BCUT2D eigenvalue weighted by Gasteiger charge is -2.67. The fourth-order valence-electron chi connectivity index (χ4n) is 9.28. The number of hydrogen-bond donors (Lipinski definition) is 1. The summed E-state index contributed by atoms with van der Waals surface area (Å²) in [6, 6.07) is 0.360.